The lowest BCUT2D eigenvalue weighted by molar-refractivity contribution is -0.384. The van der Waals surface area contributed by atoms with E-state index in [2.05, 4.69) is 9.97 Å². The van der Waals surface area contributed by atoms with Crippen LogP contribution in [0, 0.1) is 10.1 Å². The molecule has 2 aromatic heterocycles. The van der Waals surface area contributed by atoms with E-state index < -0.39 is 4.92 Å². The highest BCUT2D eigenvalue weighted by Crippen LogP contribution is 2.33. The van der Waals surface area contributed by atoms with Crippen molar-refractivity contribution in [3.8, 4) is 16.3 Å². The molecule has 0 saturated carbocycles. The van der Waals surface area contributed by atoms with Gasteiger partial charge in [0.05, 0.1) is 39.7 Å². The zero-order chi connectivity index (χ0) is 20.1. The average molecular weight is 407 g/mol. The Balaban J connectivity index is 1.53. The maximum atomic E-state index is 11.2. The summed E-state index contributed by atoms with van der Waals surface area (Å²) in [5.74, 6) is 0.533. The second-order valence-corrected chi connectivity index (χ2v) is 7.10. The molecule has 7 nitrogen and oxygen atoms in total. The van der Waals surface area contributed by atoms with Crippen LogP contribution in [0.2, 0.25) is 0 Å². The van der Waals surface area contributed by atoms with Gasteiger partial charge in [-0.15, -0.1) is 11.3 Å². The predicted octanol–water partition coefficient (Wildman–Crippen LogP) is 4.86. The third-order valence-corrected chi connectivity index (χ3v) is 5.04. The number of thiazole rings is 1. The average Bonchev–Trinajstić information content (AvgIpc) is 3.28. The number of fused-ring (bicyclic) bond motifs is 1. The standard InChI is InChI=1S/C21H17N3O4S/c25-24(26)16-6-7-18-17(10-16)20(11-19(23-18)21-12-22-14-29-21)28-9-8-27-13-15-4-2-1-3-5-15/h1-7,10-12,14H,8-9,13H2. The highest BCUT2D eigenvalue weighted by Gasteiger charge is 2.14. The maximum Gasteiger partial charge on any atom is 0.270 e. The summed E-state index contributed by atoms with van der Waals surface area (Å²) in [7, 11) is 0. The van der Waals surface area contributed by atoms with Gasteiger partial charge in [0.2, 0.25) is 0 Å². The Hall–Kier alpha value is -3.36. The molecule has 2 aromatic carbocycles. The van der Waals surface area contributed by atoms with E-state index in [4.69, 9.17) is 9.47 Å². The third-order valence-electron chi connectivity index (χ3n) is 4.25. The summed E-state index contributed by atoms with van der Waals surface area (Å²) in [6.07, 6.45) is 1.73. The fraction of sp³-hybridized carbons (Fsp3) is 0.143. The van der Waals surface area contributed by atoms with Gasteiger partial charge in [-0.2, -0.15) is 0 Å². The van der Waals surface area contributed by atoms with E-state index in [0.717, 1.165) is 10.4 Å². The molecule has 2 heterocycles. The predicted molar refractivity (Wildman–Crippen MR) is 111 cm³/mol. The highest BCUT2D eigenvalue weighted by atomic mass is 32.1. The minimum absolute atomic E-state index is 0.00461. The number of hydrogen-bond donors (Lipinski definition) is 0. The molecule has 0 aliphatic rings. The first-order valence-electron chi connectivity index (χ1n) is 8.93. The van der Waals surface area contributed by atoms with Crippen LogP contribution in [0.4, 0.5) is 5.69 Å². The number of rotatable bonds is 8. The number of nitrogens with zero attached hydrogens (tertiary/aromatic N) is 3. The molecule has 0 aliphatic carbocycles. The number of nitro groups is 1. The van der Waals surface area contributed by atoms with Gasteiger partial charge in [-0.1, -0.05) is 30.3 Å². The number of benzene rings is 2. The summed E-state index contributed by atoms with van der Waals surface area (Å²) in [6.45, 7) is 1.21. The number of nitro benzene ring substituents is 1. The quantitative estimate of drug-likeness (QED) is 0.235. The van der Waals surface area contributed by atoms with Crippen LogP contribution >= 0.6 is 11.3 Å². The zero-order valence-electron chi connectivity index (χ0n) is 15.4. The first-order valence-corrected chi connectivity index (χ1v) is 9.81. The summed E-state index contributed by atoms with van der Waals surface area (Å²) < 4.78 is 11.6. The van der Waals surface area contributed by atoms with Crippen LogP contribution in [0.1, 0.15) is 5.56 Å². The molecule has 8 heteroatoms. The van der Waals surface area contributed by atoms with E-state index in [1.54, 1.807) is 23.8 Å². The van der Waals surface area contributed by atoms with E-state index in [-0.39, 0.29) is 5.69 Å². The van der Waals surface area contributed by atoms with Crippen LogP contribution in [-0.4, -0.2) is 28.1 Å². The smallest absolute Gasteiger partial charge is 0.270 e. The monoisotopic (exact) mass is 407 g/mol. The van der Waals surface area contributed by atoms with Crippen molar-refractivity contribution in [2.24, 2.45) is 0 Å². The largest absolute Gasteiger partial charge is 0.490 e. The molecule has 146 valence electrons. The lowest BCUT2D eigenvalue weighted by Gasteiger charge is -2.11. The van der Waals surface area contributed by atoms with Crippen molar-refractivity contribution in [3.63, 3.8) is 0 Å². The molecule has 4 aromatic rings. The van der Waals surface area contributed by atoms with Crippen LogP contribution < -0.4 is 4.74 Å². The normalized spacial score (nSPS) is 10.9. The number of pyridine rings is 1. The van der Waals surface area contributed by atoms with Crippen molar-refractivity contribution < 1.29 is 14.4 Å². The summed E-state index contributed by atoms with van der Waals surface area (Å²) in [5, 5.41) is 11.8. The summed E-state index contributed by atoms with van der Waals surface area (Å²) >= 11 is 1.47. The first kappa shape index (κ1) is 19.0. The molecule has 0 unspecified atom stereocenters. The second-order valence-electron chi connectivity index (χ2n) is 6.22. The van der Waals surface area contributed by atoms with Crippen molar-refractivity contribution in [3.05, 3.63) is 82.0 Å². The second kappa shape index (κ2) is 8.76. The van der Waals surface area contributed by atoms with Gasteiger partial charge in [-0.05, 0) is 11.6 Å². The highest BCUT2D eigenvalue weighted by molar-refractivity contribution is 7.13. The Morgan fingerprint density at radius 3 is 2.69 bits per heavy atom. The van der Waals surface area contributed by atoms with Gasteiger partial charge in [0.25, 0.3) is 5.69 Å². The molecule has 0 saturated heterocycles. The minimum atomic E-state index is -0.427. The van der Waals surface area contributed by atoms with Crippen molar-refractivity contribution in [2.75, 3.05) is 13.2 Å². The van der Waals surface area contributed by atoms with Gasteiger partial charge in [0.1, 0.15) is 12.4 Å². The molecular formula is C21H17N3O4S. The van der Waals surface area contributed by atoms with E-state index in [0.29, 0.717) is 42.2 Å². The lowest BCUT2D eigenvalue weighted by atomic mass is 10.1. The van der Waals surface area contributed by atoms with Gasteiger partial charge in [0.15, 0.2) is 0 Å². The molecule has 0 aliphatic heterocycles. The number of aromatic nitrogens is 2. The Morgan fingerprint density at radius 1 is 1.07 bits per heavy atom. The Bertz CT molecular complexity index is 1120. The molecule has 0 amide bonds. The molecule has 0 spiro atoms. The fourth-order valence-corrected chi connectivity index (χ4v) is 3.44. The molecule has 0 fully saturated rings. The van der Waals surface area contributed by atoms with E-state index in [9.17, 15) is 10.1 Å². The van der Waals surface area contributed by atoms with Gasteiger partial charge in [0, 0.05) is 29.8 Å². The number of ether oxygens (including phenoxy) is 2. The Morgan fingerprint density at radius 2 is 1.93 bits per heavy atom. The molecule has 0 N–H and O–H groups in total. The van der Waals surface area contributed by atoms with E-state index >= 15 is 0 Å². The molecular weight excluding hydrogens is 390 g/mol. The number of non-ortho nitro benzene ring substituents is 1. The first-order chi connectivity index (χ1) is 14.2. The molecule has 4 rings (SSSR count). The molecule has 0 radical (unpaired) electrons. The zero-order valence-corrected chi connectivity index (χ0v) is 16.2. The molecule has 29 heavy (non-hydrogen) atoms. The van der Waals surface area contributed by atoms with Gasteiger partial charge < -0.3 is 9.47 Å². The fourth-order valence-electron chi connectivity index (χ4n) is 2.86. The molecule has 0 bridgehead atoms. The van der Waals surface area contributed by atoms with E-state index in [1.807, 2.05) is 30.3 Å². The maximum absolute atomic E-state index is 11.2. The van der Waals surface area contributed by atoms with Crippen LogP contribution in [0.15, 0.2) is 66.3 Å². The SMILES string of the molecule is O=[N+]([O-])c1ccc2nc(-c3cncs3)cc(OCCOCc3ccccc3)c2c1. The summed E-state index contributed by atoms with van der Waals surface area (Å²) in [4.78, 5) is 20.3. The van der Waals surface area contributed by atoms with Crippen LogP contribution in [0.25, 0.3) is 21.5 Å². The minimum Gasteiger partial charge on any atom is -0.490 e. The van der Waals surface area contributed by atoms with Crippen molar-refractivity contribution in [1.82, 2.24) is 9.97 Å². The van der Waals surface area contributed by atoms with Gasteiger partial charge >= 0.3 is 0 Å². The van der Waals surface area contributed by atoms with Crippen LogP contribution in [0.5, 0.6) is 5.75 Å². The Kier molecular flexibility index (Phi) is 5.73. The van der Waals surface area contributed by atoms with Crippen molar-refractivity contribution >= 4 is 27.9 Å². The third kappa shape index (κ3) is 4.56. The summed E-state index contributed by atoms with van der Waals surface area (Å²) in [6, 6.07) is 16.2. The summed E-state index contributed by atoms with van der Waals surface area (Å²) in [5.41, 5.74) is 4.16. The van der Waals surface area contributed by atoms with E-state index in [1.165, 1.54) is 23.5 Å². The van der Waals surface area contributed by atoms with Crippen molar-refractivity contribution in [2.45, 2.75) is 6.61 Å². The van der Waals surface area contributed by atoms with Crippen LogP contribution in [-0.2, 0) is 11.3 Å². The van der Waals surface area contributed by atoms with Crippen LogP contribution in [0.3, 0.4) is 0 Å². The number of hydrogen-bond acceptors (Lipinski definition) is 7. The Labute approximate surface area is 170 Å². The molecule has 0 atom stereocenters. The van der Waals surface area contributed by atoms with Gasteiger partial charge in [-0.25, -0.2) is 4.98 Å². The van der Waals surface area contributed by atoms with Crippen molar-refractivity contribution in [1.29, 1.82) is 0 Å². The topological polar surface area (TPSA) is 87.4 Å². The van der Waals surface area contributed by atoms with Gasteiger partial charge in [-0.3, -0.25) is 15.1 Å². The lowest BCUT2D eigenvalue weighted by Crippen LogP contribution is -2.07.